The Morgan fingerprint density at radius 1 is 0.875 bits per heavy atom. The van der Waals surface area contributed by atoms with Crippen LogP contribution >= 0.6 is 0 Å². The van der Waals surface area contributed by atoms with E-state index in [9.17, 15) is 0 Å². The van der Waals surface area contributed by atoms with E-state index in [0.29, 0.717) is 5.92 Å². The third-order valence-corrected chi connectivity index (χ3v) is 4.16. The van der Waals surface area contributed by atoms with Gasteiger partial charge in [0.05, 0.1) is 6.61 Å². The zero-order valence-electron chi connectivity index (χ0n) is 14.5. The minimum atomic E-state index is 0.675. The van der Waals surface area contributed by atoms with Crippen molar-refractivity contribution in [1.82, 2.24) is 0 Å². The molecular weight excluding hydrogens is 294 g/mol. The Labute approximate surface area is 144 Å². The molecule has 24 heavy (non-hydrogen) atoms. The second-order valence-corrected chi connectivity index (χ2v) is 6.56. The number of ether oxygens (including phenoxy) is 1. The van der Waals surface area contributed by atoms with E-state index < -0.39 is 0 Å². The molecule has 0 saturated heterocycles. The summed E-state index contributed by atoms with van der Waals surface area (Å²) in [6.45, 7) is 6.02. The van der Waals surface area contributed by atoms with E-state index in [1.165, 1.54) is 22.0 Å². The highest BCUT2D eigenvalue weighted by atomic mass is 16.5. The number of rotatable bonds is 7. The van der Waals surface area contributed by atoms with Crippen LogP contribution in [0.1, 0.15) is 25.8 Å². The van der Waals surface area contributed by atoms with Crippen LogP contribution in [0, 0.1) is 5.92 Å². The molecule has 0 aromatic heterocycles. The van der Waals surface area contributed by atoms with Crippen LogP contribution in [0.4, 0.5) is 5.69 Å². The number of hydrogen-bond donors (Lipinski definition) is 1. The molecule has 0 bridgehead atoms. The van der Waals surface area contributed by atoms with Gasteiger partial charge in [-0.05, 0) is 41.5 Å². The van der Waals surface area contributed by atoms with Crippen molar-refractivity contribution in [2.45, 2.75) is 26.8 Å². The molecule has 0 amide bonds. The Morgan fingerprint density at radius 2 is 1.62 bits per heavy atom. The molecule has 0 atom stereocenters. The van der Waals surface area contributed by atoms with E-state index in [1.54, 1.807) is 0 Å². The Morgan fingerprint density at radius 3 is 2.42 bits per heavy atom. The molecule has 0 heterocycles. The second kappa shape index (κ2) is 7.87. The average Bonchev–Trinajstić information content (AvgIpc) is 2.61. The number of hydrogen-bond acceptors (Lipinski definition) is 2. The van der Waals surface area contributed by atoms with Crippen molar-refractivity contribution in [3.05, 3.63) is 72.3 Å². The van der Waals surface area contributed by atoms with Crippen molar-refractivity contribution >= 4 is 16.5 Å². The minimum Gasteiger partial charge on any atom is -0.494 e. The molecule has 2 heteroatoms. The molecular formula is C22H25NO. The number of benzene rings is 3. The van der Waals surface area contributed by atoms with E-state index >= 15 is 0 Å². The first-order valence-electron chi connectivity index (χ1n) is 8.66. The maximum absolute atomic E-state index is 5.77. The van der Waals surface area contributed by atoms with Crippen molar-refractivity contribution in [2.75, 3.05) is 11.9 Å². The van der Waals surface area contributed by atoms with E-state index in [2.05, 4.69) is 85.9 Å². The lowest BCUT2D eigenvalue weighted by Crippen LogP contribution is -2.02. The average molecular weight is 319 g/mol. The fraction of sp³-hybridized carbons (Fsp3) is 0.273. The summed E-state index contributed by atoms with van der Waals surface area (Å²) in [6, 6.07) is 23.2. The third-order valence-electron chi connectivity index (χ3n) is 4.16. The summed E-state index contributed by atoms with van der Waals surface area (Å²) in [4.78, 5) is 0. The molecule has 2 nitrogen and oxygen atoms in total. The van der Waals surface area contributed by atoms with Crippen LogP contribution in [-0.4, -0.2) is 6.61 Å². The molecule has 1 N–H and O–H groups in total. The third kappa shape index (κ3) is 4.29. The Kier molecular flexibility index (Phi) is 5.37. The molecule has 0 radical (unpaired) electrons. The minimum absolute atomic E-state index is 0.675. The van der Waals surface area contributed by atoms with Gasteiger partial charge in [0.2, 0.25) is 0 Å². The fourth-order valence-electron chi connectivity index (χ4n) is 2.69. The van der Waals surface area contributed by atoms with Crippen LogP contribution in [-0.2, 0) is 6.54 Å². The van der Waals surface area contributed by atoms with Gasteiger partial charge in [0, 0.05) is 17.6 Å². The predicted molar refractivity (Wildman–Crippen MR) is 103 cm³/mol. The topological polar surface area (TPSA) is 21.3 Å². The van der Waals surface area contributed by atoms with Crippen LogP contribution in [0.3, 0.4) is 0 Å². The van der Waals surface area contributed by atoms with Gasteiger partial charge in [-0.2, -0.15) is 0 Å². The molecule has 0 saturated carbocycles. The van der Waals surface area contributed by atoms with Gasteiger partial charge in [0.15, 0.2) is 0 Å². The highest BCUT2D eigenvalue weighted by Crippen LogP contribution is 2.23. The molecule has 0 spiro atoms. The molecule has 0 aliphatic rings. The van der Waals surface area contributed by atoms with Gasteiger partial charge >= 0.3 is 0 Å². The summed E-state index contributed by atoms with van der Waals surface area (Å²) >= 11 is 0. The molecule has 3 aromatic rings. The highest BCUT2D eigenvalue weighted by Gasteiger charge is 2.01. The molecule has 0 unspecified atom stereocenters. The Bertz CT molecular complexity index is 772. The van der Waals surface area contributed by atoms with E-state index in [0.717, 1.165) is 25.3 Å². The first kappa shape index (κ1) is 16.4. The lowest BCUT2D eigenvalue weighted by Gasteiger charge is -2.11. The number of anilines is 1. The summed E-state index contributed by atoms with van der Waals surface area (Å²) in [7, 11) is 0. The van der Waals surface area contributed by atoms with E-state index in [1.807, 2.05) is 0 Å². The van der Waals surface area contributed by atoms with Crippen molar-refractivity contribution < 1.29 is 4.74 Å². The second-order valence-electron chi connectivity index (χ2n) is 6.56. The molecule has 0 aliphatic carbocycles. The van der Waals surface area contributed by atoms with Gasteiger partial charge in [-0.1, -0.05) is 62.4 Å². The van der Waals surface area contributed by atoms with E-state index in [-0.39, 0.29) is 0 Å². The van der Waals surface area contributed by atoms with Crippen molar-refractivity contribution in [3.8, 4) is 5.75 Å². The van der Waals surface area contributed by atoms with Gasteiger partial charge in [-0.3, -0.25) is 0 Å². The van der Waals surface area contributed by atoms with Crippen LogP contribution in [0.5, 0.6) is 5.75 Å². The molecule has 0 aliphatic heterocycles. The first-order valence-corrected chi connectivity index (χ1v) is 8.66. The van der Waals surface area contributed by atoms with Gasteiger partial charge in [-0.15, -0.1) is 0 Å². The summed E-state index contributed by atoms with van der Waals surface area (Å²) in [5.41, 5.74) is 2.42. The SMILES string of the molecule is CC(C)CCOc1ccc(CNc2cccc3ccccc23)cc1. The Hall–Kier alpha value is -2.48. The maximum atomic E-state index is 5.77. The quantitative estimate of drug-likeness (QED) is 0.587. The summed E-state index contributed by atoms with van der Waals surface area (Å²) in [5.74, 6) is 1.62. The van der Waals surface area contributed by atoms with Crippen molar-refractivity contribution in [1.29, 1.82) is 0 Å². The first-order chi connectivity index (χ1) is 11.7. The summed E-state index contributed by atoms with van der Waals surface area (Å²) in [6.07, 6.45) is 1.09. The monoisotopic (exact) mass is 319 g/mol. The summed E-state index contributed by atoms with van der Waals surface area (Å²) in [5, 5.41) is 6.06. The van der Waals surface area contributed by atoms with Crippen LogP contribution in [0.2, 0.25) is 0 Å². The molecule has 3 rings (SSSR count). The van der Waals surface area contributed by atoms with Crippen molar-refractivity contribution in [3.63, 3.8) is 0 Å². The number of fused-ring (bicyclic) bond motifs is 1. The fourth-order valence-corrected chi connectivity index (χ4v) is 2.69. The zero-order valence-corrected chi connectivity index (χ0v) is 14.5. The number of nitrogens with one attached hydrogen (secondary N) is 1. The van der Waals surface area contributed by atoms with Gasteiger partial charge in [0.1, 0.15) is 5.75 Å². The standard InChI is InChI=1S/C22H25NO/c1-17(2)14-15-24-20-12-10-18(11-13-20)16-23-22-9-5-7-19-6-3-4-8-21(19)22/h3-13,17,23H,14-16H2,1-2H3. The predicted octanol–water partition coefficient (Wildman–Crippen LogP) is 5.88. The van der Waals surface area contributed by atoms with Gasteiger partial charge in [-0.25, -0.2) is 0 Å². The van der Waals surface area contributed by atoms with E-state index in [4.69, 9.17) is 4.74 Å². The van der Waals surface area contributed by atoms with Crippen LogP contribution < -0.4 is 10.1 Å². The highest BCUT2D eigenvalue weighted by molar-refractivity contribution is 5.93. The molecule has 124 valence electrons. The van der Waals surface area contributed by atoms with Crippen LogP contribution in [0.15, 0.2) is 66.7 Å². The van der Waals surface area contributed by atoms with Crippen LogP contribution in [0.25, 0.3) is 10.8 Å². The molecule has 0 fully saturated rings. The normalized spacial score (nSPS) is 11.0. The Balaban J connectivity index is 1.60. The summed E-state index contributed by atoms with van der Waals surface area (Å²) < 4.78 is 5.77. The molecule has 3 aromatic carbocycles. The lowest BCUT2D eigenvalue weighted by atomic mass is 10.1. The zero-order chi connectivity index (χ0) is 16.8. The largest absolute Gasteiger partial charge is 0.494 e. The van der Waals surface area contributed by atoms with Crippen molar-refractivity contribution in [2.24, 2.45) is 5.92 Å². The maximum Gasteiger partial charge on any atom is 0.119 e. The smallest absolute Gasteiger partial charge is 0.119 e. The van der Waals surface area contributed by atoms with Gasteiger partial charge in [0.25, 0.3) is 0 Å². The lowest BCUT2D eigenvalue weighted by molar-refractivity contribution is 0.289. The van der Waals surface area contributed by atoms with Gasteiger partial charge < -0.3 is 10.1 Å².